The molecular formula is C27H26FN3O. The normalized spacial score (nSPS) is 15.2. The number of hydrogen-bond donors (Lipinski definition) is 0. The first-order chi connectivity index (χ1) is 15.6. The zero-order valence-corrected chi connectivity index (χ0v) is 18.4. The Balaban J connectivity index is 1.45. The first-order valence-corrected chi connectivity index (χ1v) is 11.0. The SMILES string of the molecule is Cc1ccc(COCC2CCc3nc(-c4ccc(F)cc4)c(-c4ccncc4)n32)cc1C. The number of pyridine rings is 1. The molecule has 32 heavy (non-hydrogen) atoms. The summed E-state index contributed by atoms with van der Waals surface area (Å²) in [5.41, 5.74) is 7.67. The van der Waals surface area contributed by atoms with Crippen molar-refractivity contribution < 1.29 is 9.13 Å². The minimum atomic E-state index is -0.247. The monoisotopic (exact) mass is 427 g/mol. The Kier molecular flexibility index (Phi) is 5.58. The molecule has 5 heteroatoms. The van der Waals surface area contributed by atoms with Gasteiger partial charge in [-0.05, 0) is 73.4 Å². The molecule has 0 amide bonds. The molecule has 4 nitrogen and oxygen atoms in total. The van der Waals surface area contributed by atoms with Crippen LogP contribution in [0.2, 0.25) is 0 Å². The number of imidazole rings is 1. The van der Waals surface area contributed by atoms with Gasteiger partial charge in [-0.1, -0.05) is 18.2 Å². The lowest BCUT2D eigenvalue weighted by atomic mass is 10.0. The van der Waals surface area contributed by atoms with Crippen molar-refractivity contribution in [1.82, 2.24) is 14.5 Å². The highest BCUT2D eigenvalue weighted by atomic mass is 19.1. The fraction of sp³-hybridized carbons (Fsp3) is 0.259. The molecule has 0 saturated carbocycles. The Morgan fingerprint density at radius 1 is 0.969 bits per heavy atom. The zero-order chi connectivity index (χ0) is 22.1. The highest BCUT2D eigenvalue weighted by molar-refractivity contribution is 5.79. The maximum Gasteiger partial charge on any atom is 0.123 e. The number of hydrogen-bond acceptors (Lipinski definition) is 3. The minimum Gasteiger partial charge on any atom is -0.375 e. The number of halogens is 1. The second-order valence-electron chi connectivity index (χ2n) is 8.46. The lowest BCUT2D eigenvalue weighted by molar-refractivity contribution is 0.0924. The molecule has 0 fully saturated rings. The Labute approximate surface area is 187 Å². The van der Waals surface area contributed by atoms with E-state index in [2.05, 4.69) is 41.6 Å². The summed E-state index contributed by atoms with van der Waals surface area (Å²) >= 11 is 0. The molecule has 0 radical (unpaired) electrons. The number of fused-ring (bicyclic) bond motifs is 1. The van der Waals surface area contributed by atoms with Gasteiger partial charge in [-0.3, -0.25) is 4.98 Å². The van der Waals surface area contributed by atoms with Crippen LogP contribution in [0.3, 0.4) is 0 Å². The van der Waals surface area contributed by atoms with Crippen LogP contribution in [0.4, 0.5) is 4.39 Å². The molecule has 0 spiro atoms. The summed E-state index contributed by atoms with van der Waals surface area (Å²) in [6, 6.07) is 17.3. The third-order valence-corrected chi connectivity index (χ3v) is 6.27. The third kappa shape index (κ3) is 3.96. The van der Waals surface area contributed by atoms with Crippen LogP contribution in [0.15, 0.2) is 67.0 Å². The number of aromatic nitrogens is 3. The van der Waals surface area contributed by atoms with Crippen LogP contribution in [0.1, 0.15) is 35.0 Å². The van der Waals surface area contributed by atoms with Crippen molar-refractivity contribution >= 4 is 0 Å². The van der Waals surface area contributed by atoms with Crippen LogP contribution in [0, 0.1) is 19.7 Å². The van der Waals surface area contributed by atoms with E-state index >= 15 is 0 Å². The summed E-state index contributed by atoms with van der Waals surface area (Å²) in [5.74, 6) is 0.805. The largest absolute Gasteiger partial charge is 0.375 e. The van der Waals surface area contributed by atoms with Gasteiger partial charge in [-0.2, -0.15) is 0 Å². The second kappa shape index (κ2) is 8.67. The molecular weight excluding hydrogens is 401 g/mol. The fourth-order valence-corrected chi connectivity index (χ4v) is 4.43. The third-order valence-electron chi connectivity index (χ3n) is 6.27. The van der Waals surface area contributed by atoms with Crippen molar-refractivity contribution in [1.29, 1.82) is 0 Å². The van der Waals surface area contributed by atoms with Crippen LogP contribution in [-0.2, 0) is 17.8 Å². The minimum absolute atomic E-state index is 0.210. The standard InChI is InChI=1S/C27H26FN3O/c1-18-3-4-20(15-19(18)2)16-32-17-24-9-10-25-30-26(21-5-7-23(28)8-6-21)27(31(24)25)22-11-13-29-14-12-22/h3-8,11-15,24H,9-10,16-17H2,1-2H3. The number of ether oxygens (including phenoxy) is 1. The zero-order valence-electron chi connectivity index (χ0n) is 18.4. The van der Waals surface area contributed by atoms with Gasteiger partial charge in [0, 0.05) is 29.9 Å². The molecule has 0 saturated heterocycles. The maximum atomic E-state index is 13.5. The number of nitrogens with zero attached hydrogens (tertiary/aromatic N) is 3. The Morgan fingerprint density at radius 2 is 1.75 bits per heavy atom. The molecule has 5 rings (SSSR count). The summed E-state index contributed by atoms with van der Waals surface area (Å²) in [5, 5.41) is 0. The van der Waals surface area contributed by atoms with Gasteiger partial charge in [-0.25, -0.2) is 9.37 Å². The van der Waals surface area contributed by atoms with Crippen LogP contribution >= 0.6 is 0 Å². The van der Waals surface area contributed by atoms with Crippen molar-refractivity contribution in [3.05, 3.63) is 95.3 Å². The average molecular weight is 428 g/mol. The molecule has 2 aromatic carbocycles. The number of benzene rings is 2. The predicted molar refractivity (Wildman–Crippen MR) is 124 cm³/mol. The average Bonchev–Trinajstić information content (AvgIpc) is 3.37. The summed E-state index contributed by atoms with van der Waals surface area (Å²) in [7, 11) is 0. The van der Waals surface area contributed by atoms with Gasteiger partial charge in [0.25, 0.3) is 0 Å². The molecule has 4 aromatic rings. The number of rotatable bonds is 6. The summed E-state index contributed by atoms with van der Waals surface area (Å²) in [6.07, 6.45) is 5.49. The molecule has 3 heterocycles. The van der Waals surface area contributed by atoms with E-state index in [1.807, 2.05) is 12.1 Å². The molecule has 1 unspecified atom stereocenters. The second-order valence-corrected chi connectivity index (χ2v) is 8.46. The van der Waals surface area contributed by atoms with Gasteiger partial charge < -0.3 is 9.30 Å². The molecule has 1 atom stereocenters. The lowest BCUT2D eigenvalue weighted by Crippen LogP contribution is -2.13. The van der Waals surface area contributed by atoms with Crippen LogP contribution in [0.5, 0.6) is 0 Å². The molecule has 0 aliphatic carbocycles. The first kappa shape index (κ1) is 20.6. The Hall–Kier alpha value is -3.31. The predicted octanol–water partition coefficient (Wildman–Crippen LogP) is 6.07. The smallest absolute Gasteiger partial charge is 0.123 e. The lowest BCUT2D eigenvalue weighted by Gasteiger charge is -2.18. The van der Waals surface area contributed by atoms with Gasteiger partial charge >= 0.3 is 0 Å². The van der Waals surface area contributed by atoms with Crippen molar-refractivity contribution in [2.45, 2.75) is 39.3 Å². The van der Waals surface area contributed by atoms with Gasteiger partial charge in [0.1, 0.15) is 11.6 Å². The molecule has 1 aliphatic heterocycles. The van der Waals surface area contributed by atoms with E-state index in [4.69, 9.17) is 9.72 Å². The van der Waals surface area contributed by atoms with Crippen molar-refractivity contribution in [2.24, 2.45) is 0 Å². The highest BCUT2D eigenvalue weighted by Gasteiger charge is 2.30. The summed E-state index contributed by atoms with van der Waals surface area (Å²) < 4.78 is 22.0. The quantitative estimate of drug-likeness (QED) is 0.375. The van der Waals surface area contributed by atoms with E-state index in [0.717, 1.165) is 41.2 Å². The molecule has 2 aromatic heterocycles. The Morgan fingerprint density at radius 3 is 2.50 bits per heavy atom. The van der Waals surface area contributed by atoms with Gasteiger partial charge in [-0.15, -0.1) is 0 Å². The van der Waals surface area contributed by atoms with E-state index in [1.165, 1.54) is 28.8 Å². The molecule has 0 N–H and O–H groups in total. The van der Waals surface area contributed by atoms with E-state index < -0.39 is 0 Å². The molecule has 0 bridgehead atoms. The van der Waals surface area contributed by atoms with Crippen molar-refractivity contribution in [2.75, 3.05) is 6.61 Å². The summed E-state index contributed by atoms with van der Waals surface area (Å²) in [6.45, 7) is 5.47. The molecule has 162 valence electrons. The van der Waals surface area contributed by atoms with E-state index in [1.54, 1.807) is 24.5 Å². The van der Waals surface area contributed by atoms with Gasteiger partial charge in [0.15, 0.2) is 0 Å². The van der Waals surface area contributed by atoms with Crippen LogP contribution < -0.4 is 0 Å². The summed E-state index contributed by atoms with van der Waals surface area (Å²) in [4.78, 5) is 9.14. The van der Waals surface area contributed by atoms with Crippen LogP contribution in [-0.4, -0.2) is 21.1 Å². The fourth-order valence-electron chi connectivity index (χ4n) is 4.43. The maximum absolute atomic E-state index is 13.5. The van der Waals surface area contributed by atoms with Crippen molar-refractivity contribution in [3.63, 3.8) is 0 Å². The highest BCUT2D eigenvalue weighted by Crippen LogP contribution is 2.39. The van der Waals surface area contributed by atoms with Gasteiger partial charge in [0.2, 0.25) is 0 Å². The van der Waals surface area contributed by atoms with E-state index in [0.29, 0.717) is 13.2 Å². The van der Waals surface area contributed by atoms with Crippen molar-refractivity contribution in [3.8, 4) is 22.5 Å². The topological polar surface area (TPSA) is 39.9 Å². The van der Waals surface area contributed by atoms with Crippen LogP contribution in [0.25, 0.3) is 22.5 Å². The first-order valence-electron chi connectivity index (χ1n) is 11.0. The van der Waals surface area contributed by atoms with E-state index in [-0.39, 0.29) is 11.9 Å². The Bertz CT molecular complexity index is 1230. The van der Waals surface area contributed by atoms with Gasteiger partial charge in [0.05, 0.1) is 30.6 Å². The number of aryl methyl sites for hydroxylation is 3. The molecule has 1 aliphatic rings. The van der Waals surface area contributed by atoms with E-state index in [9.17, 15) is 4.39 Å².